The maximum Gasteiger partial charge on any atom is 0.319 e. The van der Waals surface area contributed by atoms with E-state index in [1.54, 1.807) is 6.07 Å². The molecular formula is C12H12N4O. The van der Waals surface area contributed by atoms with Crippen LogP contribution in [-0.4, -0.2) is 12.1 Å². The summed E-state index contributed by atoms with van der Waals surface area (Å²) < 4.78 is 0. The fourth-order valence-corrected chi connectivity index (χ4v) is 1.24. The minimum atomic E-state index is -0.339. The van der Waals surface area contributed by atoms with Crippen LogP contribution in [0, 0.1) is 22.7 Å². The third kappa shape index (κ3) is 3.51. The summed E-state index contributed by atoms with van der Waals surface area (Å²) in [5.41, 5.74) is 1.02. The number of carbonyl (C=O) groups is 1. The van der Waals surface area contributed by atoms with Gasteiger partial charge in [-0.3, -0.25) is 0 Å². The Kier molecular flexibility index (Phi) is 4.08. The van der Waals surface area contributed by atoms with Crippen molar-refractivity contribution in [3.05, 3.63) is 29.3 Å². The van der Waals surface area contributed by atoms with Gasteiger partial charge in [-0.1, -0.05) is 0 Å². The van der Waals surface area contributed by atoms with Crippen LogP contribution in [0.4, 0.5) is 10.5 Å². The van der Waals surface area contributed by atoms with E-state index in [-0.39, 0.29) is 17.6 Å². The molecule has 0 bridgehead atoms. The van der Waals surface area contributed by atoms with Gasteiger partial charge in [0.05, 0.1) is 11.1 Å². The van der Waals surface area contributed by atoms with Crippen LogP contribution in [0.15, 0.2) is 18.2 Å². The standard InChI is InChI=1S/C12H12N4O/c1-8(2)15-12(17)16-11-4-3-9(6-13)10(5-11)7-14/h3-5,8H,1-2H3,(H2,15,16,17). The van der Waals surface area contributed by atoms with Crippen LogP contribution in [-0.2, 0) is 0 Å². The van der Waals surface area contributed by atoms with Crippen molar-refractivity contribution in [2.45, 2.75) is 19.9 Å². The van der Waals surface area contributed by atoms with Gasteiger partial charge >= 0.3 is 6.03 Å². The van der Waals surface area contributed by atoms with E-state index in [2.05, 4.69) is 10.6 Å². The number of nitrogens with one attached hydrogen (secondary N) is 2. The lowest BCUT2D eigenvalue weighted by atomic mass is 10.1. The van der Waals surface area contributed by atoms with Crippen LogP contribution in [0.25, 0.3) is 0 Å². The van der Waals surface area contributed by atoms with Crippen molar-refractivity contribution in [3.63, 3.8) is 0 Å². The number of rotatable bonds is 2. The van der Waals surface area contributed by atoms with Crippen molar-refractivity contribution in [2.75, 3.05) is 5.32 Å². The fourth-order valence-electron chi connectivity index (χ4n) is 1.24. The second-order valence-electron chi connectivity index (χ2n) is 3.74. The number of nitriles is 2. The highest BCUT2D eigenvalue weighted by atomic mass is 16.2. The third-order valence-corrected chi connectivity index (χ3v) is 1.94. The van der Waals surface area contributed by atoms with Gasteiger partial charge < -0.3 is 10.6 Å². The highest BCUT2D eigenvalue weighted by molar-refractivity contribution is 5.89. The first-order chi connectivity index (χ1) is 8.06. The Morgan fingerprint density at radius 1 is 1.24 bits per heavy atom. The summed E-state index contributed by atoms with van der Waals surface area (Å²) in [4.78, 5) is 11.4. The molecule has 0 aliphatic carbocycles. The monoisotopic (exact) mass is 228 g/mol. The van der Waals surface area contributed by atoms with Crippen molar-refractivity contribution in [1.29, 1.82) is 10.5 Å². The Hall–Kier alpha value is -2.53. The zero-order valence-corrected chi connectivity index (χ0v) is 9.61. The van der Waals surface area contributed by atoms with Crippen LogP contribution in [0.1, 0.15) is 25.0 Å². The number of urea groups is 1. The molecule has 0 atom stereocenters. The zero-order chi connectivity index (χ0) is 12.8. The molecule has 0 heterocycles. The van der Waals surface area contributed by atoms with E-state index in [9.17, 15) is 4.79 Å². The first-order valence-corrected chi connectivity index (χ1v) is 5.08. The molecule has 2 amide bonds. The number of carbonyl (C=O) groups excluding carboxylic acids is 1. The maximum atomic E-state index is 11.4. The van der Waals surface area contributed by atoms with Gasteiger partial charge in [0.25, 0.3) is 0 Å². The molecule has 0 unspecified atom stereocenters. The van der Waals surface area contributed by atoms with Crippen LogP contribution in [0.2, 0.25) is 0 Å². The smallest absolute Gasteiger partial charge is 0.319 e. The number of benzene rings is 1. The third-order valence-electron chi connectivity index (χ3n) is 1.94. The average Bonchev–Trinajstić information content (AvgIpc) is 2.27. The minimum absolute atomic E-state index is 0.0313. The Bertz CT molecular complexity index is 508. The zero-order valence-electron chi connectivity index (χ0n) is 9.61. The molecule has 0 aliphatic rings. The van der Waals surface area contributed by atoms with E-state index in [1.165, 1.54) is 12.1 Å². The first-order valence-electron chi connectivity index (χ1n) is 5.08. The molecule has 5 nitrogen and oxygen atoms in total. The number of nitrogens with zero attached hydrogens (tertiary/aromatic N) is 2. The SMILES string of the molecule is CC(C)NC(=O)Nc1ccc(C#N)c(C#N)c1. The molecule has 0 spiro atoms. The molecule has 0 radical (unpaired) electrons. The quantitative estimate of drug-likeness (QED) is 0.810. The van der Waals surface area contributed by atoms with Gasteiger partial charge in [-0.15, -0.1) is 0 Å². The number of anilines is 1. The number of hydrogen-bond acceptors (Lipinski definition) is 3. The Labute approximate surface area is 99.7 Å². The lowest BCUT2D eigenvalue weighted by Gasteiger charge is -2.10. The normalized spacial score (nSPS) is 9.24. The van der Waals surface area contributed by atoms with Crippen molar-refractivity contribution >= 4 is 11.7 Å². The average molecular weight is 228 g/mol. The lowest BCUT2D eigenvalue weighted by Crippen LogP contribution is -2.34. The molecule has 0 fully saturated rings. The van der Waals surface area contributed by atoms with Crippen LogP contribution >= 0.6 is 0 Å². The summed E-state index contributed by atoms with van der Waals surface area (Å²) in [5.74, 6) is 0. The van der Waals surface area contributed by atoms with E-state index in [0.717, 1.165) is 0 Å². The summed E-state index contributed by atoms with van der Waals surface area (Å²) in [6.07, 6.45) is 0. The summed E-state index contributed by atoms with van der Waals surface area (Å²) in [6, 6.07) is 8.06. The van der Waals surface area contributed by atoms with E-state index < -0.39 is 0 Å². The Morgan fingerprint density at radius 2 is 1.88 bits per heavy atom. The van der Waals surface area contributed by atoms with Gasteiger partial charge in [-0.2, -0.15) is 10.5 Å². The highest BCUT2D eigenvalue weighted by Crippen LogP contribution is 2.14. The van der Waals surface area contributed by atoms with Gasteiger partial charge in [0.15, 0.2) is 0 Å². The minimum Gasteiger partial charge on any atom is -0.336 e. The molecule has 2 N–H and O–H groups in total. The Balaban J connectivity index is 2.85. The molecule has 1 aromatic carbocycles. The largest absolute Gasteiger partial charge is 0.336 e. The van der Waals surface area contributed by atoms with Crippen molar-refractivity contribution < 1.29 is 4.79 Å². The second kappa shape index (κ2) is 5.53. The molecule has 86 valence electrons. The summed E-state index contributed by atoms with van der Waals surface area (Å²) in [7, 11) is 0. The summed E-state index contributed by atoms with van der Waals surface area (Å²) in [6.45, 7) is 3.69. The molecule has 0 aromatic heterocycles. The van der Waals surface area contributed by atoms with Crippen molar-refractivity contribution in [2.24, 2.45) is 0 Å². The van der Waals surface area contributed by atoms with Crippen LogP contribution in [0.3, 0.4) is 0 Å². The number of amides is 2. The van der Waals surface area contributed by atoms with Gasteiger partial charge in [0, 0.05) is 11.7 Å². The highest BCUT2D eigenvalue weighted by Gasteiger charge is 2.06. The molecule has 0 aliphatic heterocycles. The Morgan fingerprint density at radius 3 is 2.41 bits per heavy atom. The molecule has 5 heteroatoms. The number of hydrogen-bond donors (Lipinski definition) is 2. The van der Waals surface area contributed by atoms with E-state index in [4.69, 9.17) is 10.5 Å². The van der Waals surface area contributed by atoms with Gasteiger partial charge in [0.2, 0.25) is 0 Å². The fraction of sp³-hybridized carbons (Fsp3) is 0.250. The molecule has 1 aromatic rings. The van der Waals surface area contributed by atoms with Crippen molar-refractivity contribution in [1.82, 2.24) is 5.32 Å². The van der Waals surface area contributed by atoms with Gasteiger partial charge in [-0.05, 0) is 32.0 Å². The van der Waals surface area contributed by atoms with E-state index in [1.807, 2.05) is 26.0 Å². The second-order valence-corrected chi connectivity index (χ2v) is 3.74. The first kappa shape index (κ1) is 12.5. The topological polar surface area (TPSA) is 88.7 Å². The van der Waals surface area contributed by atoms with Crippen LogP contribution < -0.4 is 10.6 Å². The van der Waals surface area contributed by atoms with Gasteiger partial charge in [0.1, 0.15) is 12.1 Å². The molecule has 17 heavy (non-hydrogen) atoms. The van der Waals surface area contributed by atoms with Gasteiger partial charge in [-0.25, -0.2) is 4.79 Å². The van der Waals surface area contributed by atoms with E-state index >= 15 is 0 Å². The van der Waals surface area contributed by atoms with E-state index in [0.29, 0.717) is 11.3 Å². The lowest BCUT2D eigenvalue weighted by molar-refractivity contribution is 0.250. The summed E-state index contributed by atoms with van der Waals surface area (Å²) >= 11 is 0. The molecule has 1 rings (SSSR count). The van der Waals surface area contributed by atoms with Crippen LogP contribution in [0.5, 0.6) is 0 Å². The molecule has 0 saturated heterocycles. The molecule has 0 saturated carbocycles. The maximum absolute atomic E-state index is 11.4. The van der Waals surface area contributed by atoms with Crippen molar-refractivity contribution in [3.8, 4) is 12.1 Å². The summed E-state index contributed by atoms with van der Waals surface area (Å²) in [5, 5.41) is 22.8. The predicted octanol–water partition coefficient (Wildman–Crippen LogP) is 1.96. The molecular weight excluding hydrogens is 216 g/mol. The predicted molar refractivity (Wildman–Crippen MR) is 63.2 cm³/mol.